The van der Waals surface area contributed by atoms with Gasteiger partial charge in [0.25, 0.3) is 15.9 Å². The molecule has 0 fully saturated rings. The van der Waals surface area contributed by atoms with E-state index in [1.54, 1.807) is 0 Å². The molecule has 0 saturated carbocycles. The molecule has 0 radical (unpaired) electrons. The molecule has 6 nitrogen and oxygen atoms in total. The topological polar surface area (TPSA) is 80.8 Å². The molecule has 0 atom stereocenters. The lowest BCUT2D eigenvalue weighted by molar-refractivity contribution is -0.175. The smallest absolute Gasteiger partial charge is 0.323 e. The van der Waals surface area contributed by atoms with Crippen LogP contribution in [-0.4, -0.2) is 24.8 Å². The number of halogens is 1. The van der Waals surface area contributed by atoms with Crippen molar-refractivity contribution in [2.45, 2.75) is 18.7 Å². The molecule has 0 aromatic heterocycles. The summed E-state index contributed by atoms with van der Waals surface area (Å²) in [5.41, 5.74) is 0. The number of hydrogen-bond donors (Lipinski definition) is 0. The fraction of sp³-hybridized carbons (Fsp3) is 0.200. The highest BCUT2D eigenvalue weighted by molar-refractivity contribution is 9.10. The van der Waals surface area contributed by atoms with Gasteiger partial charge in [0, 0.05) is 18.3 Å². The van der Waals surface area contributed by atoms with Crippen LogP contribution in [0.5, 0.6) is 0 Å². The Bertz CT molecular complexity index is 566. The number of hydroxylamine groups is 1. The van der Waals surface area contributed by atoms with E-state index in [1.165, 1.54) is 24.3 Å². The van der Waals surface area contributed by atoms with Gasteiger partial charge < -0.3 is 4.84 Å². The number of rotatable bonds is 2. The van der Waals surface area contributed by atoms with Crippen LogP contribution in [0, 0.1) is 0 Å². The third kappa shape index (κ3) is 3.30. The predicted molar refractivity (Wildman–Crippen MR) is 65.6 cm³/mol. The minimum absolute atomic E-state index is 0.0680. The van der Waals surface area contributed by atoms with Crippen LogP contribution in [0.25, 0.3) is 0 Å². The Kier molecular flexibility index (Phi) is 4.47. The number of benzene rings is 1. The maximum Gasteiger partial charge on any atom is 0.330 e. The summed E-state index contributed by atoms with van der Waals surface area (Å²) in [6, 6.07) is 5.58. The van der Waals surface area contributed by atoms with Gasteiger partial charge in [-0.3, -0.25) is 4.79 Å². The Morgan fingerprint density at radius 3 is 2.06 bits per heavy atom. The minimum Gasteiger partial charge on any atom is -0.323 e. The van der Waals surface area contributed by atoms with Gasteiger partial charge in [-0.15, -0.1) is 0 Å². The summed E-state index contributed by atoms with van der Waals surface area (Å²) in [5, 5.41) is 0. The molecule has 18 heavy (non-hydrogen) atoms. The maximum absolute atomic E-state index is 12.0. The fourth-order valence-corrected chi connectivity index (χ4v) is 2.58. The van der Waals surface area contributed by atoms with Crippen molar-refractivity contribution in [1.82, 2.24) is 4.47 Å². The standard InChI is InChI=1S/C10H10BrNO5S/c1-7(13)12(17-8(2)14)18(15,16)10-5-3-9(11)4-6-10/h3-6H,1-2H3. The Labute approximate surface area is 113 Å². The van der Waals surface area contributed by atoms with Gasteiger partial charge >= 0.3 is 5.97 Å². The third-order valence-corrected chi connectivity index (χ3v) is 3.96. The van der Waals surface area contributed by atoms with Crippen LogP contribution in [0.2, 0.25) is 0 Å². The predicted octanol–water partition coefficient (Wildman–Crippen LogP) is 1.46. The first-order chi connectivity index (χ1) is 8.25. The largest absolute Gasteiger partial charge is 0.330 e. The van der Waals surface area contributed by atoms with Crippen LogP contribution in [0.1, 0.15) is 13.8 Å². The highest BCUT2D eigenvalue weighted by Crippen LogP contribution is 2.19. The summed E-state index contributed by atoms with van der Waals surface area (Å²) >= 11 is 3.16. The van der Waals surface area contributed by atoms with E-state index in [0.29, 0.717) is 4.47 Å². The maximum atomic E-state index is 12.0. The van der Waals surface area contributed by atoms with Gasteiger partial charge in [-0.1, -0.05) is 20.4 Å². The monoisotopic (exact) mass is 335 g/mol. The van der Waals surface area contributed by atoms with Crippen molar-refractivity contribution < 1.29 is 22.8 Å². The first kappa shape index (κ1) is 14.7. The lowest BCUT2D eigenvalue weighted by atomic mass is 10.4. The van der Waals surface area contributed by atoms with Crippen molar-refractivity contribution in [3.8, 4) is 0 Å². The van der Waals surface area contributed by atoms with Gasteiger partial charge in [0.2, 0.25) is 0 Å². The van der Waals surface area contributed by atoms with Crippen LogP contribution >= 0.6 is 15.9 Å². The summed E-state index contributed by atoms with van der Waals surface area (Å²) in [6.07, 6.45) is 0. The number of carbonyl (C=O) groups is 2. The number of sulfonamides is 1. The molecule has 0 heterocycles. The van der Waals surface area contributed by atoms with Gasteiger partial charge in [-0.2, -0.15) is 8.42 Å². The molecular formula is C10H10BrNO5S. The van der Waals surface area contributed by atoms with E-state index < -0.39 is 21.9 Å². The molecule has 1 amide bonds. The zero-order valence-corrected chi connectivity index (χ0v) is 12.0. The molecular weight excluding hydrogens is 326 g/mol. The molecule has 0 aliphatic heterocycles. The van der Waals surface area contributed by atoms with Crippen molar-refractivity contribution >= 4 is 37.8 Å². The van der Waals surface area contributed by atoms with Gasteiger partial charge in [-0.05, 0) is 24.3 Å². The molecule has 0 unspecified atom stereocenters. The lowest BCUT2D eigenvalue weighted by Crippen LogP contribution is -2.36. The molecule has 0 aliphatic carbocycles. The number of amides is 1. The van der Waals surface area contributed by atoms with E-state index in [9.17, 15) is 18.0 Å². The van der Waals surface area contributed by atoms with Gasteiger partial charge in [0.1, 0.15) is 0 Å². The number of carbonyl (C=O) groups excluding carboxylic acids is 2. The third-order valence-electron chi connectivity index (χ3n) is 1.80. The van der Waals surface area contributed by atoms with Crippen molar-refractivity contribution in [2.24, 2.45) is 0 Å². The Morgan fingerprint density at radius 2 is 1.67 bits per heavy atom. The number of hydrogen-bond acceptors (Lipinski definition) is 5. The molecule has 0 N–H and O–H groups in total. The van der Waals surface area contributed by atoms with Crippen molar-refractivity contribution in [2.75, 3.05) is 0 Å². The van der Waals surface area contributed by atoms with E-state index in [0.717, 1.165) is 13.8 Å². The Balaban J connectivity index is 3.21. The normalized spacial score (nSPS) is 10.8. The lowest BCUT2D eigenvalue weighted by Gasteiger charge is -2.18. The highest BCUT2D eigenvalue weighted by Gasteiger charge is 2.30. The summed E-state index contributed by atoms with van der Waals surface area (Å²) in [4.78, 5) is 26.3. The van der Waals surface area contributed by atoms with E-state index >= 15 is 0 Å². The quantitative estimate of drug-likeness (QED) is 0.764. The molecule has 1 aromatic rings. The fourth-order valence-electron chi connectivity index (χ4n) is 1.10. The first-order valence-corrected chi connectivity index (χ1v) is 6.98. The van der Waals surface area contributed by atoms with Crippen LogP contribution in [0.4, 0.5) is 0 Å². The van der Waals surface area contributed by atoms with Crippen molar-refractivity contribution in [1.29, 1.82) is 0 Å². The SMILES string of the molecule is CC(=O)ON(C(C)=O)S(=O)(=O)c1ccc(Br)cc1. The number of nitrogens with zero attached hydrogens (tertiary/aromatic N) is 1. The zero-order chi connectivity index (χ0) is 13.9. The van der Waals surface area contributed by atoms with Gasteiger partial charge in [0.15, 0.2) is 0 Å². The summed E-state index contributed by atoms with van der Waals surface area (Å²) in [7, 11) is -4.19. The van der Waals surface area contributed by atoms with Crippen LogP contribution in [0.3, 0.4) is 0 Å². The van der Waals surface area contributed by atoms with E-state index in [4.69, 9.17) is 0 Å². The Morgan fingerprint density at radius 1 is 1.17 bits per heavy atom. The molecule has 98 valence electrons. The van der Waals surface area contributed by atoms with E-state index in [2.05, 4.69) is 20.8 Å². The van der Waals surface area contributed by atoms with Gasteiger partial charge in [-0.25, -0.2) is 4.79 Å². The Hall–Kier alpha value is -1.41. The second-order valence-corrected chi connectivity index (χ2v) is 5.96. The van der Waals surface area contributed by atoms with Crippen LogP contribution in [-0.2, 0) is 24.4 Å². The molecule has 0 saturated heterocycles. The molecule has 0 bridgehead atoms. The van der Waals surface area contributed by atoms with E-state index in [1.807, 2.05) is 0 Å². The second kappa shape index (κ2) is 5.49. The van der Waals surface area contributed by atoms with E-state index in [-0.39, 0.29) is 9.36 Å². The average molecular weight is 336 g/mol. The van der Waals surface area contributed by atoms with Crippen molar-refractivity contribution in [3.63, 3.8) is 0 Å². The molecule has 0 aliphatic rings. The van der Waals surface area contributed by atoms with Crippen LogP contribution < -0.4 is 0 Å². The average Bonchev–Trinajstić information content (AvgIpc) is 2.25. The highest BCUT2D eigenvalue weighted by atomic mass is 79.9. The summed E-state index contributed by atoms with van der Waals surface area (Å²) < 4.78 is 24.8. The summed E-state index contributed by atoms with van der Waals surface area (Å²) in [5.74, 6) is -1.81. The van der Waals surface area contributed by atoms with Gasteiger partial charge in [0.05, 0.1) is 4.90 Å². The molecule has 0 spiro atoms. The minimum atomic E-state index is -4.19. The van der Waals surface area contributed by atoms with Crippen LogP contribution in [0.15, 0.2) is 33.6 Å². The first-order valence-electron chi connectivity index (χ1n) is 4.75. The second-order valence-electron chi connectivity index (χ2n) is 3.29. The molecule has 1 rings (SSSR count). The molecule has 1 aromatic carbocycles. The van der Waals surface area contributed by atoms with Crippen molar-refractivity contribution in [3.05, 3.63) is 28.7 Å². The zero-order valence-electron chi connectivity index (χ0n) is 9.58. The summed E-state index contributed by atoms with van der Waals surface area (Å²) in [6.45, 7) is 1.99. The molecule has 8 heteroatoms.